The molecular formula is C18H29N3O3S. The summed E-state index contributed by atoms with van der Waals surface area (Å²) in [5.74, 6) is 0.123. The maximum absolute atomic E-state index is 12.8. The van der Waals surface area contributed by atoms with Crippen molar-refractivity contribution in [3.05, 3.63) is 29.3 Å². The number of nitrogens with one attached hydrogen (secondary N) is 1. The topological polar surface area (TPSA) is 92.5 Å². The van der Waals surface area contributed by atoms with Crippen LogP contribution < -0.4 is 11.1 Å². The van der Waals surface area contributed by atoms with Gasteiger partial charge in [0.15, 0.2) is 0 Å². The largest absolute Gasteiger partial charge is 0.345 e. The van der Waals surface area contributed by atoms with Crippen LogP contribution in [0.3, 0.4) is 0 Å². The van der Waals surface area contributed by atoms with Gasteiger partial charge in [0.1, 0.15) is 0 Å². The average Bonchev–Trinajstić information content (AvgIpc) is 3.41. The minimum Gasteiger partial charge on any atom is -0.345 e. The van der Waals surface area contributed by atoms with Gasteiger partial charge in [-0.05, 0) is 50.3 Å². The fourth-order valence-electron chi connectivity index (χ4n) is 3.09. The number of carbonyl (C=O) groups excluding carboxylic acids is 1. The summed E-state index contributed by atoms with van der Waals surface area (Å²) in [5, 5.41) is 3.03. The number of hydrogen-bond acceptors (Lipinski definition) is 4. The fraction of sp³-hybridized carbons (Fsp3) is 0.611. The molecule has 0 saturated heterocycles. The van der Waals surface area contributed by atoms with Crippen LogP contribution in [0.25, 0.3) is 0 Å². The zero-order valence-corrected chi connectivity index (χ0v) is 16.3. The quantitative estimate of drug-likeness (QED) is 0.734. The smallest absolute Gasteiger partial charge is 0.252 e. The molecule has 7 heteroatoms. The number of carbonyl (C=O) groups is 1. The molecule has 2 rings (SSSR count). The minimum atomic E-state index is -3.60. The van der Waals surface area contributed by atoms with Crippen molar-refractivity contribution >= 4 is 15.9 Å². The van der Waals surface area contributed by atoms with Crippen molar-refractivity contribution < 1.29 is 13.2 Å². The second kappa shape index (κ2) is 7.43. The second-order valence-corrected chi connectivity index (χ2v) is 8.85. The molecule has 25 heavy (non-hydrogen) atoms. The van der Waals surface area contributed by atoms with E-state index in [4.69, 9.17) is 5.73 Å². The number of hydrogen-bond donors (Lipinski definition) is 2. The van der Waals surface area contributed by atoms with Gasteiger partial charge in [0.05, 0.1) is 10.4 Å². The lowest BCUT2D eigenvalue weighted by Crippen LogP contribution is -2.53. The van der Waals surface area contributed by atoms with Crippen molar-refractivity contribution in [2.45, 2.75) is 51.0 Å². The third-order valence-electron chi connectivity index (χ3n) is 5.10. The highest BCUT2D eigenvalue weighted by Crippen LogP contribution is 2.39. The van der Waals surface area contributed by atoms with E-state index in [1.165, 1.54) is 10.4 Å². The van der Waals surface area contributed by atoms with E-state index in [9.17, 15) is 13.2 Å². The van der Waals surface area contributed by atoms with Gasteiger partial charge in [0, 0.05) is 25.2 Å². The second-order valence-electron chi connectivity index (χ2n) is 6.92. The average molecular weight is 368 g/mol. The number of nitrogens with two attached hydrogens (primary N) is 1. The molecule has 1 atom stereocenters. The van der Waals surface area contributed by atoms with Gasteiger partial charge in [-0.1, -0.05) is 19.9 Å². The molecule has 1 fully saturated rings. The molecule has 1 aromatic carbocycles. The molecule has 1 aliphatic carbocycles. The van der Waals surface area contributed by atoms with Crippen molar-refractivity contribution in [2.24, 2.45) is 11.7 Å². The van der Waals surface area contributed by atoms with Crippen LogP contribution in [0.5, 0.6) is 0 Å². The van der Waals surface area contributed by atoms with Crippen LogP contribution in [0.1, 0.15) is 49.5 Å². The lowest BCUT2D eigenvalue weighted by Gasteiger charge is -2.30. The van der Waals surface area contributed by atoms with Crippen molar-refractivity contribution in [1.29, 1.82) is 0 Å². The van der Waals surface area contributed by atoms with Gasteiger partial charge >= 0.3 is 0 Å². The molecule has 0 aromatic heterocycles. The first kappa shape index (κ1) is 19.9. The van der Waals surface area contributed by atoms with Crippen LogP contribution in [-0.2, 0) is 10.0 Å². The van der Waals surface area contributed by atoms with Crippen molar-refractivity contribution in [1.82, 2.24) is 9.62 Å². The van der Waals surface area contributed by atoms with E-state index in [2.05, 4.69) is 5.32 Å². The molecule has 1 amide bonds. The molecular weight excluding hydrogens is 338 g/mol. The fourth-order valence-corrected chi connectivity index (χ4v) is 4.57. The number of benzene rings is 1. The van der Waals surface area contributed by atoms with E-state index in [-0.39, 0.29) is 10.8 Å². The third-order valence-corrected chi connectivity index (χ3v) is 7.14. The Hall–Kier alpha value is -1.44. The molecule has 140 valence electrons. The standard InChI is InChI=1S/C18H29N3O3S/c1-5-21(6-2)25(23,24)15-10-7-13(3)16(11-15)17(22)20-18(4,12-19)14-8-9-14/h7,10-11,14H,5-6,8-9,12,19H2,1-4H3,(H,20,22). The van der Waals surface area contributed by atoms with Gasteiger partial charge < -0.3 is 11.1 Å². The zero-order chi connectivity index (χ0) is 18.8. The predicted molar refractivity (Wildman–Crippen MR) is 98.9 cm³/mol. The first-order valence-corrected chi connectivity index (χ1v) is 10.3. The van der Waals surface area contributed by atoms with Gasteiger partial charge in [-0.2, -0.15) is 4.31 Å². The molecule has 6 nitrogen and oxygen atoms in total. The molecule has 0 spiro atoms. The number of aryl methyl sites for hydroxylation is 1. The van der Waals surface area contributed by atoms with E-state index in [1.54, 1.807) is 32.9 Å². The predicted octanol–water partition coefficient (Wildman–Crippen LogP) is 1.88. The van der Waals surface area contributed by atoms with E-state index < -0.39 is 15.6 Å². The molecule has 0 aliphatic heterocycles. The number of sulfonamides is 1. The van der Waals surface area contributed by atoms with Crippen LogP contribution in [-0.4, -0.2) is 43.8 Å². The molecule has 1 unspecified atom stereocenters. The summed E-state index contributed by atoms with van der Waals surface area (Å²) in [7, 11) is -3.60. The van der Waals surface area contributed by atoms with Crippen LogP contribution in [0.4, 0.5) is 0 Å². The zero-order valence-electron chi connectivity index (χ0n) is 15.5. The summed E-state index contributed by atoms with van der Waals surface area (Å²) in [6.07, 6.45) is 2.12. The number of nitrogens with zero attached hydrogens (tertiary/aromatic N) is 1. The van der Waals surface area contributed by atoms with Gasteiger partial charge in [0.25, 0.3) is 5.91 Å². The molecule has 0 radical (unpaired) electrons. The Morgan fingerprint density at radius 1 is 1.32 bits per heavy atom. The van der Waals surface area contributed by atoms with E-state index in [0.29, 0.717) is 31.1 Å². The Bertz CT molecular complexity index is 740. The van der Waals surface area contributed by atoms with Crippen LogP contribution in [0.2, 0.25) is 0 Å². The molecule has 0 bridgehead atoms. The highest BCUT2D eigenvalue weighted by molar-refractivity contribution is 7.89. The maximum Gasteiger partial charge on any atom is 0.252 e. The molecule has 1 saturated carbocycles. The Kier molecular flexibility index (Phi) is 5.91. The summed E-state index contributed by atoms with van der Waals surface area (Å²) in [6.45, 7) is 8.49. The van der Waals surface area contributed by atoms with Crippen LogP contribution >= 0.6 is 0 Å². The minimum absolute atomic E-state index is 0.146. The van der Waals surface area contributed by atoms with E-state index >= 15 is 0 Å². The van der Waals surface area contributed by atoms with E-state index in [0.717, 1.165) is 18.4 Å². The van der Waals surface area contributed by atoms with Gasteiger partial charge in [-0.25, -0.2) is 8.42 Å². The Labute approximate surface area is 150 Å². The maximum atomic E-state index is 12.8. The van der Waals surface area contributed by atoms with E-state index in [1.807, 2.05) is 6.92 Å². The normalized spacial score (nSPS) is 17.4. The third kappa shape index (κ3) is 4.04. The van der Waals surface area contributed by atoms with Gasteiger partial charge in [0.2, 0.25) is 10.0 Å². The highest BCUT2D eigenvalue weighted by Gasteiger charge is 2.41. The molecule has 1 aromatic rings. The monoisotopic (exact) mass is 367 g/mol. The van der Waals surface area contributed by atoms with Crippen molar-refractivity contribution in [3.63, 3.8) is 0 Å². The number of amides is 1. The first-order valence-electron chi connectivity index (χ1n) is 8.83. The molecule has 3 N–H and O–H groups in total. The van der Waals surface area contributed by atoms with Crippen molar-refractivity contribution in [2.75, 3.05) is 19.6 Å². The van der Waals surface area contributed by atoms with Crippen molar-refractivity contribution in [3.8, 4) is 0 Å². The van der Waals surface area contributed by atoms with Crippen LogP contribution in [0.15, 0.2) is 23.1 Å². The summed E-state index contributed by atoms with van der Waals surface area (Å²) >= 11 is 0. The SMILES string of the molecule is CCN(CC)S(=O)(=O)c1ccc(C)c(C(=O)NC(C)(CN)C2CC2)c1. The number of rotatable bonds is 8. The molecule has 0 heterocycles. The Balaban J connectivity index is 2.34. The highest BCUT2D eigenvalue weighted by atomic mass is 32.2. The van der Waals surface area contributed by atoms with Gasteiger partial charge in [-0.15, -0.1) is 0 Å². The lowest BCUT2D eigenvalue weighted by molar-refractivity contribution is 0.0897. The Morgan fingerprint density at radius 2 is 1.92 bits per heavy atom. The molecule has 1 aliphatic rings. The summed E-state index contributed by atoms with van der Waals surface area (Å²) in [6, 6.07) is 4.72. The first-order chi connectivity index (χ1) is 11.7. The Morgan fingerprint density at radius 3 is 2.40 bits per heavy atom. The lowest BCUT2D eigenvalue weighted by atomic mass is 9.95. The summed E-state index contributed by atoms with van der Waals surface area (Å²) in [4.78, 5) is 12.9. The summed E-state index contributed by atoms with van der Waals surface area (Å²) in [5.41, 5.74) is 6.55. The van der Waals surface area contributed by atoms with Gasteiger partial charge in [-0.3, -0.25) is 4.79 Å². The van der Waals surface area contributed by atoms with Crippen LogP contribution in [0, 0.1) is 12.8 Å². The summed E-state index contributed by atoms with van der Waals surface area (Å²) < 4.78 is 26.8.